The van der Waals surface area contributed by atoms with Gasteiger partial charge in [0, 0.05) is 11.8 Å². The number of hydrogen-bond donors (Lipinski definition) is 1. The highest BCUT2D eigenvalue weighted by atomic mass is 35.5. The third kappa shape index (κ3) is 2.29. The van der Waals surface area contributed by atoms with Crippen molar-refractivity contribution in [2.75, 3.05) is 0 Å². The molecular formula is C13H11Cl2NO. The van der Waals surface area contributed by atoms with Crippen molar-refractivity contribution in [1.29, 1.82) is 0 Å². The molecule has 4 heteroatoms. The van der Waals surface area contributed by atoms with Gasteiger partial charge in [0.1, 0.15) is 0 Å². The second-order valence-corrected chi connectivity index (χ2v) is 4.51. The van der Waals surface area contributed by atoms with Crippen LogP contribution in [0.25, 0.3) is 11.3 Å². The van der Waals surface area contributed by atoms with Crippen LogP contribution in [0.1, 0.15) is 11.1 Å². The Morgan fingerprint density at radius 2 is 1.82 bits per heavy atom. The molecule has 0 radical (unpaired) electrons. The van der Waals surface area contributed by atoms with E-state index in [-0.39, 0.29) is 6.61 Å². The molecule has 2 aromatic rings. The van der Waals surface area contributed by atoms with Gasteiger partial charge in [0.05, 0.1) is 22.3 Å². The normalized spacial score (nSPS) is 10.6. The highest BCUT2D eigenvalue weighted by Gasteiger charge is 2.13. The van der Waals surface area contributed by atoms with Gasteiger partial charge in [-0.2, -0.15) is 0 Å². The zero-order valence-electron chi connectivity index (χ0n) is 9.24. The number of aromatic nitrogens is 1. The first kappa shape index (κ1) is 12.4. The van der Waals surface area contributed by atoms with Crippen LogP contribution in [-0.4, -0.2) is 10.1 Å². The van der Waals surface area contributed by atoms with E-state index in [1.54, 1.807) is 30.5 Å². The number of pyridine rings is 1. The summed E-state index contributed by atoms with van der Waals surface area (Å²) in [6.45, 7) is 1.87. The SMILES string of the molecule is Cc1c(CO)ccnc1-c1c(Cl)cccc1Cl. The third-order valence-electron chi connectivity index (χ3n) is 2.69. The Hall–Kier alpha value is -1.09. The Labute approximate surface area is 110 Å². The Kier molecular flexibility index (Phi) is 3.67. The lowest BCUT2D eigenvalue weighted by Gasteiger charge is -2.11. The van der Waals surface area contributed by atoms with Gasteiger partial charge in [-0.1, -0.05) is 29.3 Å². The summed E-state index contributed by atoms with van der Waals surface area (Å²) in [7, 11) is 0. The minimum Gasteiger partial charge on any atom is -0.392 e. The van der Waals surface area contributed by atoms with Crippen LogP contribution >= 0.6 is 23.2 Å². The van der Waals surface area contributed by atoms with Gasteiger partial charge >= 0.3 is 0 Å². The Bertz CT molecular complexity index is 535. The summed E-state index contributed by atoms with van der Waals surface area (Å²) in [5.74, 6) is 0. The summed E-state index contributed by atoms with van der Waals surface area (Å²) in [5, 5.41) is 10.4. The summed E-state index contributed by atoms with van der Waals surface area (Å²) in [6, 6.07) is 7.12. The number of halogens is 2. The van der Waals surface area contributed by atoms with E-state index in [2.05, 4.69) is 4.98 Å². The Morgan fingerprint density at radius 1 is 1.18 bits per heavy atom. The fourth-order valence-electron chi connectivity index (χ4n) is 1.72. The number of aliphatic hydroxyl groups is 1. The largest absolute Gasteiger partial charge is 0.392 e. The van der Waals surface area contributed by atoms with Crippen LogP contribution in [0.3, 0.4) is 0 Å². The van der Waals surface area contributed by atoms with Gasteiger partial charge < -0.3 is 5.11 Å². The minimum absolute atomic E-state index is 0.0244. The second-order valence-electron chi connectivity index (χ2n) is 3.70. The monoisotopic (exact) mass is 267 g/mol. The number of benzene rings is 1. The van der Waals surface area contributed by atoms with E-state index in [1.807, 2.05) is 6.92 Å². The van der Waals surface area contributed by atoms with Crippen molar-refractivity contribution in [2.24, 2.45) is 0 Å². The molecule has 2 rings (SSSR count). The molecule has 2 nitrogen and oxygen atoms in total. The molecule has 0 bridgehead atoms. The summed E-state index contributed by atoms with van der Waals surface area (Å²) in [5.41, 5.74) is 3.15. The maximum Gasteiger partial charge on any atom is 0.0764 e. The van der Waals surface area contributed by atoms with E-state index in [4.69, 9.17) is 23.2 Å². The van der Waals surface area contributed by atoms with Crippen molar-refractivity contribution in [1.82, 2.24) is 4.98 Å². The highest BCUT2D eigenvalue weighted by Crippen LogP contribution is 2.35. The Balaban J connectivity index is 2.69. The third-order valence-corrected chi connectivity index (χ3v) is 3.32. The minimum atomic E-state index is -0.0244. The van der Waals surface area contributed by atoms with Crippen molar-refractivity contribution in [3.8, 4) is 11.3 Å². The van der Waals surface area contributed by atoms with Gasteiger partial charge in [-0.3, -0.25) is 4.98 Å². The zero-order chi connectivity index (χ0) is 12.4. The van der Waals surface area contributed by atoms with Gasteiger partial charge in [0.15, 0.2) is 0 Å². The van der Waals surface area contributed by atoms with Crippen molar-refractivity contribution in [3.05, 3.63) is 51.6 Å². The van der Waals surface area contributed by atoms with Crippen LogP contribution in [-0.2, 0) is 6.61 Å². The van der Waals surface area contributed by atoms with Gasteiger partial charge in [0.2, 0.25) is 0 Å². The summed E-state index contributed by atoms with van der Waals surface area (Å²) in [4.78, 5) is 4.30. The topological polar surface area (TPSA) is 33.1 Å². The van der Waals surface area contributed by atoms with Crippen molar-refractivity contribution >= 4 is 23.2 Å². The average molecular weight is 268 g/mol. The molecule has 0 aliphatic heterocycles. The average Bonchev–Trinajstić information content (AvgIpc) is 2.31. The molecule has 1 aromatic carbocycles. The molecule has 1 heterocycles. The number of aliphatic hydroxyl groups excluding tert-OH is 1. The standard InChI is InChI=1S/C13H11Cl2NO/c1-8-9(7-17)5-6-16-13(8)12-10(14)3-2-4-11(12)15/h2-6,17H,7H2,1H3. The van der Waals surface area contributed by atoms with Crippen molar-refractivity contribution in [2.45, 2.75) is 13.5 Å². The molecular weight excluding hydrogens is 257 g/mol. The van der Waals surface area contributed by atoms with Gasteiger partial charge in [-0.25, -0.2) is 0 Å². The maximum absolute atomic E-state index is 9.23. The zero-order valence-corrected chi connectivity index (χ0v) is 10.8. The van der Waals surface area contributed by atoms with Crippen LogP contribution in [0.4, 0.5) is 0 Å². The number of rotatable bonds is 2. The fraction of sp³-hybridized carbons (Fsp3) is 0.154. The molecule has 1 aromatic heterocycles. The maximum atomic E-state index is 9.23. The molecule has 0 amide bonds. The molecule has 17 heavy (non-hydrogen) atoms. The van der Waals surface area contributed by atoms with Crippen molar-refractivity contribution in [3.63, 3.8) is 0 Å². The molecule has 0 fully saturated rings. The summed E-state index contributed by atoms with van der Waals surface area (Å²) in [6.07, 6.45) is 1.65. The fourth-order valence-corrected chi connectivity index (χ4v) is 2.30. The number of nitrogens with zero attached hydrogens (tertiary/aromatic N) is 1. The predicted molar refractivity (Wildman–Crippen MR) is 70.4 cm³/mol. The van der Waals surface area contributed by atoms with E-state index < -0.39 is 0 Å². The lowest BCUT2D eigenvalue weighted by atomic mass is 10.0. The van der Waals surface area contributed by atoms with Crippen molar-refractivity contribution < 1.29 is 5.11 Å². The first-order chi connectivity index (χ1) is 8.15. The van der Waals surface area contributed by atoms with Crippen LogP contribution in [0.2, 0.25) is 10.0 Å². The van der Waals surface area contributed by atoms with E-state index in [9.17, 15) is 5.11 Å². The Morgan fingerprint density at radius 3 is 2.41 bits per heavy atom. The van der Waals surface area contributed by atoms with Gasteiger partial charge in [0.25, 0.3) is 0 Å². The second kappa shape index (κ2) is 5.05. The molecule has 0 atom stereocenters. The van der Waals surface area contributed by atoms with E-state index in [1.165, 1.54) is 0 Å². The molecule has 1 N–H and O–H groups in total. The molecule has 0 aliphatic carbocycles. The molecule has 88 valence electrons. The van der Waals surface area contributed by atoms with Crippen LogP contribution in [0.15, 0.2) is 30.5 Å². The molecule has 0 spiro atoms. The smallest absolute Gasteiger partial charge is 0.0764 e. The molecule has 0 saturated heterocycles. The summed E-state index contributed by atoms with van der Waals surface area (Å²) < 4.78 is 0. The number of hydrogen-bond acceptors (Lipinski definition) is 2. The predicted octanol–water partition coefficient (Wildman–Crippen LogP) is 3.86. The lowest BCUT2D eigenvalue weighted by Crippen LogP contribution is -1.96. The quantitative estimate of drug-likeness (QED) is 0.897. The van der Waals surface area contributed by atoms with Gasteiger partial charge in [-0.15, -0.1) is 0 Å². The van der Waals surface area contributed by atoms with Crippen LogP contribution in [0.5, 0.6) is 0 Å². The molecule has 0 aliphatic rings. The van der Waals surface area contributed by atoms with E-state index in [0.29, 0.717) is 21.3 Å². The van der Waals surface area contributed by atoms with Gasteiger partial charge in [-0.05, 0) is 36.2 Å². The van der Waals surface area contributed by atoms with Crippen LogP contribution < -0.4 is 0 Å². The first-order valence-corrected chi connectivity index (χ1v) is 5.90. The lowest BCUT2D eigenvalue weighted by molar-refractivity contribution is 0.281. The summed E-state index contributed by atoms with van der Waals surface area (Å²) >= 11 is 12.3. The van der Waals surface area contributed by atoms with Crippen LogP contribution in [0, 0.1) is 6.92 Å². The first-order valence-electron chi connectivity index (χ1n) is 5.15. The highest BCUT2D eigenvalue weighted by molar-refractivity contribution is 6.39. The van der Waals surface area contributed by atoms with E-state index >= 15 is 0 Å². The molecule has 0 unspecified atom stereocenters. The molecule has 0 saturated carbocycles. The van der Waals surface area contributed by atoms with E-state index in [0.717, 1.165) is 11.1 Å².